The minimum absolute atomic E-state index is 0.0539. The first-order valence-corrected chi connectivity index (χ1v) is 10.9. The zero-order chi connectivity index (χ0) is 21.8. The number of nitro groups is 1. The fourth-order valence-corrected chi connectivity index (χ4v) is 5.25. The molecule has 0 amide bonds. The van der Waals surface area contributed by atoms with Gasteiger partial charge in [-0.25, -0.2) is 8.42 Å². The van der Waals surface area contributed by atoms with Crippen LogP contribution in [0.1, 0.15) is 36.4 Å². The van der Waals surface area contributed by atoms with Crippen LogP contribution in [-0.2, 0) is 16.4 Å². The van der Waals surface area contributed by atoms with E-state index < -0.39 is 25.5 Å². The molecule has 0 aliphatic heterocycles. The Kier molecular flexibility index (Phi) is 4.63. The quantitative estimate of drug-likeness (QED) is 0.445. The number of fused-ring (bicyclic) bond motifs is 3. The third kappa shape index (κ3) is 3.54. The van der Waals surface area contributed by atoms with Gasteiger partial charge in [0.15, 0.2) is 5.78 Å². The molecule has 0 saturated heterocycles. The van der Waals surface area contributed by atoms with E-state index in [0.717, 1.165) is 18.2 Å². The van der Waals surface area contributed by atoms with Gasteiger partial charge < -0.3 is 4.42 Å². The summed E-state index contributed by atoms with van der Waals surface area (Å²) in [5, 5.41) is 11.4. The monoisotopic (exact) mass is 448 g/mol. The molecule has 1 aromatic heterocycles. The van der Waals surface area contributed by atoms with E-state index in [1.165, 1.54) is 12.1 Å². The van der Waals surface area contributed by atoms with Crippen molar-refractivity contribution in [2.75, 3.05) is 4.72 Å². The van der Waals surface area contributed by atoms with Crippen LogP contribution >= 0.6 is 11.6 Å². The molecule has 1 aliphatic rings. The van der Waals surface area contributed by atoms with Crippen LogP contribution in [0.5, 0.6) is 0 Å². The van der Waals surface area contributed by atoms with Crippen molar-refractivity contribution in [3.05, 3.63) is 62.9 Å². The predicted molar refractivity (Wildman–Crippen MR) is 112 cm³/mol. The Bertz CT molecular complexity index is 1330. The second kappa shape index (κ2) is 6.82. The van der Waals surface area contributed by atoms with E-state index in [4.69, 9.17) is 16.0 Å². The van der Waals surface area contributed by atoms with Crippen LogP contribution in [0.25, 0.3) is 11.0 Å². The van der Waals surface area contributed by atoms with Crippen LogP contribution in [-0.4, -0.2) is 19.1 Å². The summed E-state index contributed by atoms with van der Waals surface area (Å²) >= 11 is 5.97. The standard InChI is InChI=1S/C20H17ClN2O6S/c1-20(2)9-15(24)19-13-7-11(3-6-16(13)29-17(19)10-20)22-30(27,28)18-8-12(23(25)26)4-5-14(18)21/h3-8,22H,9-10H2,1-2H3. The van der Waals surface area contributed by atoms with Gasteiger partial charge in [-0.3, -0.25) is 19.6 Å². The smallest absolute Gasteiger partial charge is 0.270 e. The summed E-state index contributed by atoms with van der Waals surface area (Å²) in [7, 11) is -4.21. The number of sulfonamides is 1. The maximum atomic E-state index is 12.8. The fourth-order valence-electron chi connectivity index (χ4n) is 3.68. The predicted octanol–water partition coefficient (Wildman–Crippen LogP) is 4.95. The van der Waals surface area contributed by atoms with Crippen molar-refractivity contribution >= 4 is 49.8 Å². The van der Waals surface area contributed by atoms with Crippen LogP contribution in [0.2, 0.25) is 5.02 Å². The maximum absolute atomic E-state index is 12.8. The normalized spacial score (nSPS) is 15.8. The summed E-state index contributed by atoms with van der Waals surface area (Å²) in [6.07, 6.45) is 0.973. The lowest BCUT2D eigenvalue weighted by Crippen LogP contribution is -2.25. The molecule has 1 heterocycles. The molecular weight excluding hydrogens is 432 g/mol. The number of benzene rings is 2. The number of furan rings is 1. The molecule has 156 valence electrons. The van der Waals surface area contributed by atoms with Gasteiger partial charge in [0.25, 0.3) is 15.7 Å². The van der Waals surface area contributed by atoms with Gasteiger partial charge in [-0.05, 0) is 29.7 Å². The van der Waals surface area contributed by atoms with E-state index in [2.05, 4.69) is 4.72 Å². The molecule has 0 radical (unpaired) electrons. The molecule has 30 heavy (non-hydrogen) atoms. The number of nitrogens with zero attached hydrogens (tertiary/aromatic N) is 1. The van der Waals surface area contributed by atoms with Crippen molar-refractivity contribution in [2.24, 2.45) is 5.41 Å². The van der Waals surface area contributed by atoms with Crippen LogP contribution in [0, 0.1) is 15.5 Å². The number of non-ortho nitro benzene ring substituents is 1. The highest BCUT2D eigenvalue weighted by atomic mass is 35.5. The zero-order valence-corrected chi connectivity index (χ0v) is 17.6. The Morgan fingerprint density at radius 3 is 2.60 bits per heavy atom. The molecule has 0 fully saturated rings. The molecule has 4 rings (SSSR count). The summed E-state index contributed by atoms with van der Waals surface area (Å²) in [6.45, 7) is 3.98. The molecule has 1 aliphatic carbocycles. The molecule has 10 heteroatoms. The van der Waals surface area contributed by atoms with Crippen molar-refractivity contribution in [3.63, 3.8) is 0 Å². The molecule has 0 saturated carbocycles. The van der Waals surface area contributed by atoms with Gasteiger partial charge >= 0.3 is 0 Å². The van der Waals surface area contributed by atoms with Crippen molar-refractivity contribution in [1.82, 2.24) is 0 Å². The van der Waals surface area contributed by atoms with E-state index in [1.807, 2.05) is 13.8 Å². The van der Waals surface area contributed by atoms with Crippen LogP contribution < -0.4 is 4.72 Å². The molecule has 8 nitrogen and oxygen atoms in total. The van der Waals surface area contributed by atoms with Crippen molar-refractivity contribution in [2.45, 2.75) is 31.6 Å². The summed E-state index contributed by atoms with van der Waals surface area (Å²) in [5.41, 5.74) is 0.543. The number of nitro benzene ring substituents is 1. The second-order valence-corrected chi connectivity index (χ2v) is 10.1. The van der Waals surface area contributed by atoms with Crippen LogP contribution in [0.15, 0.2) is 45.7 Å². The van der Waals surface area contributed by atoms with Crippen molar-refractivity contribution < 1.29 is 22.6 Å². The molecule has 0 atom stereocenters. The third-order valence-corrected chi connectivity index (χ3v) is 6.85. The first-order valence-electron chi connectivity index (χ1n) is 9.02. The Morgan fingerprint density at radius 2 is 1.90 bits per heavy atom. The average Bonchev–Trinajstić information content (AvgIpc) is 2.97. The largest absolute Gasteiger partial charge is 0.460 e. The number of ketones is 1. The highest BCUT2D eigenvalue weighted by molar-refractivity contribution is 7.92. The summed E-state index contributed by atoms with van der Waals surface area (Å²) in [4.78, 5) is 22.5. The first-order chi connectivity index (χ1) is 14.0. The molecule has 3 aromatic rings. The van der Waals surface area contributed by atoms with Gasteiger partial charge in [-0.1, -0.05) is 25.4 Å². The van der Waals surface area contributed by atoms with Crippen molar-refractivity contribution in [1.29, 1.82) is 0 Å². The average molecular weight is 449 g/mol. The van der Waals surface area contributed by atoms with Gasteiger partial charge in [-0.2, -0.15) is 0 Å². The van der Waals surface area contributed by atoms with Gasteiger partial charge in [0.05, 0.1) is 15.5 Å². The number of carbonyl (C=O) groups excluding carboxylic acids is 1. The van der Waals surface area contributed by atoms with Crippen LogP contribution in [0.4, 0.5) is 11.4 Å². The molecule has 0 unspecified atom stereocenters. The number of hydrogen-bond donors (Lipinski definition) is 1. The highest BCUT2D eigenvalue weighted by Crippen LogP contribution is 2.40. The maximum Gasteiger partial charge on any atom is 0.270 e. The van der Waals surface area contributed by atoms with E-state index >= 15 is 0 Å². The summed E-state index contributed by atoms with van der Waals surface area (Å²) < 4.78 is 33.8. The molecule has 2 aromatic carbocycles. The van der Waals surface area contributed by atoms with E-state index in [-0.39, 0.29) is 21.9 Å². The van der Waals surface area contributed by atoms with Gasteiger partial charge in [0.1, 0.15) is 16.2 Å². The third-order valence-electron chi connectivity index (χ3n) is 4.99. The van der Waals surface area contributed by atoms with E-state index in [1.54, 1.807) is 6.07 Å². The van der Waals surface area contributed by atoms with Gasteiger partial charge in [-0.15, -0.1) is 0 Å². The van der Waals surface area contributed by atoms with Gasteiger partial charge in [0, 0.05) is 36.0 Å². The number of carbonyl (C=O) groups is 1. The Labute approximate surface area is 177 Å². The number of halogens is 1. The lowest BCUT2D eigenvalue weighted by molar-refractivity contribution is -0.385. The number of nitrogens with one attached hydrogen (secondary N) is 1. The molecular formula is C20H17ClN2O6S. The zero-order valence-electron chi connectivity index (χ0n) is 16.1. The van der Waals surface area contributed by atoms with Crippen LogP contribution in [0.3, 0.4) is 0 Å². The Hall–Kier alpha value is -2.91. The fraction of sp³-hybridized carbons (Fsp3) is 0.250. The number of Topliss-reactive ketones (excluding diaryl/α,β-unsaturated/α-hetero) is 1. The second-order valence-electron chi connectivity index (χ2n) is 8.03. The Balaban J connectivity index is 1.75. The Morgan fingerprint density at radius 1 is 1.17 bits per heavy atom. The summed E-state index contributed by atoms with van der Waals surface area (Å²) in [6, 6.07) is 7.78. The van der Waals surface area contributed by atoms with E-state index in [0.29, 0.717) is 35.1 Å². The number of rotatable bonds is 4. The molecule has 0 bridgehead atoms. The molecule has 0 spiro atoms. The topological polar surface area (TPSA) is 120 Å². The number of hydrogen-bond acceptors (Lipinski definition) is 6. The molecule has 1 N–H and O–H groups in total. The lowest BCUT2D eigenvalue weighted by atomic mass is 9.76. The summed E-state index contributed by atoms with van der Waals surface area (Å²) in [5.74, 6) is 0.537. The minimum Gasteiger partial charge on any atom is -0.460 e. The lowest BCUT2D eigenvalue weighted by Gasteiger charge is -2.27. The van der Waals surface area contributed by atoms with E-state index in [9.17, 15) is 23.3 Å². The van der Waals surface area contributed by atoms with Crippen molar-refractivity contribution in [3.8, 4) is 0 Å². The first kappa shape index (κ1) is 20.4. The SMILES string of the molecule is CC1(C)CC(=O)c2c(oc3ccc(NS(=O)(=O)c4cc([N+](=O)[O-])ccc4Cl)cc23)C1. The highest BCUT2D eigenvalue weighted by Gasteiger charge is 2.35. The van der Waals surface area contributed by atoms with Gasteiger partial charge in [0.2, 0.25) is 0 Å². The number of anilines is 1. The minimum atomic E-state index is -4.21.